The zero-order valence-electron chi connectivity index (χ0n) is 18.8. The number of hydrogen-bond donors (Lipinski definition) is 1. The normalized spacial score (nSPS) is 12.6. The lowest BCUT2D eigenvalue weighted by atomic mass is 9.80. The molecule has 3 aromatic rings. The molecule has 0 fully saturated rings. The lowest BCUT2D eigenvalue weighted by Crippen LogP contribution is -2.24. The molecule has 158 valence electrons. The minimum Gasteiger partial charge on any atom is -0.434 e. The van der Waals surface area contributed by atoms with Crippen LogP contribution in [0.5, 0.6) is 5.75 Å². The van der Waals surface area contributed by atoms with E-state index in [1.165, 1.54) is 0 Å². The highest BCUT2D eigenvalue weighted by molar-refractivity contribution is 7.74. The summed E-state index contributed by atoms with van der Waals surface area (Å²) in [7, 11) is -3.42. The second kappa shape index (κ2) is 7.96. The molecule has 0 saturated carbocycles. The number of nitrogens with two attached hydrogens (primary N) is 1. The van der Waals surface area contributed by atoms with E-state index < -0.39 is 7.37 Å². The molecule has 3 aromatic carbocycles. The number of nitrogen functional groups attached to an aromatic ring is 1. The van der Waals surface area contributed by atoms with Crippen LogP contribution in [-0.4, -0.2) is 0 Å². The SMILES string of the molecule is CC(C)(C)c1ccc(C(C)(C)C)c(OP(=O)(c2ccccc2)c2ccccc2)c1N. The van der Waals surface area contributed by atoms with Crippen molar-refractivity contribution in [2.45, 2.75) is 52.4 Å². The van der Waals surface area contributed by atoms with Crippen LogP contribution in [0.3, 0.4) is 0 Å². The molecule has 0 amide bonds. The van der Waals surface area contributed by atoms with Gasteiger partial charge in [0.25, 0.3) is 0 Å². The Bertz CT molecular complexity index is 1020. The summed E-state index contributed by atoms with van der Waals surface area (Å²) in [5.41, 5.74) is 8.78. The van der Waals surface area contributed by atoms with Crippen molar-refractivity contribution < 1.29 is 9.09 Å². The summed E-state index contributed by atoms with van der Waals surface area (Å²) in [4.78, 5) is 0. The Hall–Kier alpha value is -2.51. The van der Waals surface area contributed by atoms with Crippen molar-refractivity contribution in [1.29, 1.82) is 0 Å². The first kappa shape index (κ1) is 22.2. The third-order valence-corrected chi connectivity index (χ3v) is 7.62. The molecule has 0 aliphatic carbocycles. The van der Waals surface area contributed by atoms with E-state index in [0.29, 0.717) is 22.0 Å². The highest BCUT2D eigenvalue weighted by Crippen LogP contribution is 2.51. The predicted octanol–water partition coefficient (Wildman–Crippen LogP) is 6.17. The second-order valence-corrected chi connectivity index (χ2v) is 12.0. The van der Waals surface area contributed by atoms with Crippen LogP contribution in [0.2, 0.25) is 0 Å². The summed E-state index contributed by atoms with van der Waals surface area (Å²) >= 11 is 0. The predicted molar refractivity (Wildman–Crippen MR) is 129 cm³/mol. The third-order valence-electron chi connectivity index (χ3n) is 5.22. The number of rotatable bonds is 4. The number of anilines is 1. The van der Waals surface area contributed by atoms with Crippen LogP contribution in [0.1, 0.15) is 52.7 Å². The van der Waals surface area contributed by atoms with Gasteiger partial charge in [-0.1, -0.05) is 90.1 Å². The van der Waals surface area contributed by atoms with E-state index in [1.54, 1.807) is 0 Å². The van der Waals surface area contributed by atoms with E-state index in [1.807, 2.05) is 60.7 Å². The highest BCUT2D eigenvalue weighted by atomic mass is 31.2. The van der Waals surface area contributed by atoms with E-state index in [9.17, 15) is 4.57 Å². The minimum absolute atomic E-state index is 0.165. The smallest absolute Gasteiger partial charge is 0.306 e. The van der Waals surface area contributed by atoms with Crippen LogP contribution in [0.25, 0.3) is 0 Å². The fourth-order valence-corrected chi connectivity index (χ4v) is 5.67. The fourth-order valence-electron chi connectivity index (χ4n) is 3.57. The first-order chi connectivity index (χ1) is 13.9. The van der Waals surface area contributed by atoms with Crippen LogP contribution < -0.4 is 20.9 Å². The maximum atomic E-state index is 14.5. The summed E-state index contributed by atoms with van der Waals surface area (Å²) in [6.07, 6.45) is 0. The van der Waals surface area contributed by atoms with Gasteiger partial charge < -0.3 is 10.3 Å². The summed E-state index contributed by atoms with van der Waals surface area (Å²) < 4.78 is 21.0. The molecular weight excluding hydrogens is 389 g/mol. The monoisotopic (exact) mass is 421 g/mol. The van der Waals surface area contributed by atoms with Crippen molar-refractivity contribution in [1.82, 2.24) is 0 Å². The van der Waals surface area contributed by atoms with Crippen molar-refractivity contribution in [2.24, 2.45) is 0 Å². The molecule has 3 rings (SSSR count). The maximum Gasteiger partial charge on any atom is 0.306 e. The molecule has 0 atom stereocenters. The van der Waals surface area contributed by atoms with E-state index in [-0.39, 0.29) is 10.8 Å². The van der Waals surface area contributed by atoms with Crippen molar-refractivity contribution in [3.63, 3.8) is 0 Å². The number of hydrogen-bond acceptors (Lipinski definition) is 3. The maximum absolute atomic E-state index is 14.5. The molecule has 0 saturated heterocycles. The first-order valence-electron chi connectivity index (χ1n) is 10.3. The second-order valence-electron chi connectivity index (χ2n) is 9.72. The van der Waals surface area contributed by atoms with Crippen LogP contribution in [0.15, 0.2) is 72.8 Å². The zero-order valence-corrected chi connectivity index (χ0v) is 19.7. The van der Waals surface area contributed by atoms with Crippen molar-refractivity contribution in [3.8, 4) is 5.75 Å². The molecule has 0 aliphatic heterocycles. The van der Waals surface area contributed by atoms with Gasteiger partial charge in [-0.3, -0.25) is 4.57 Å². The van der Waals surface area contributed by atoms with Gasteiger partial charge in [0.1, 0.15) is 0 Å². The Morgan fingerprint density at radius 2 is 1.07 bits per heavy atom. The Morgan fingerprint density at radius 1 is 0.667 bits per heavy atom. The largest absolute Gasteiger partial charge is 0.434 e. The molecule has 3 nitrogen and oxygen atoms in total. The Labute approximate surface area is 180 Å². The lowest BCUT2D eigenvalue weighted by Gasteiger charge is -2.31. The minimum atomic E-state index is -3.42. The average molecular weight is 422 g/mol. The standard InChI is InChI=1S/C26H32NO2P/c1-25(2,3)21-17-18-22(26(4,5)6)24(23(21)27)29-30(28,19-13-9-7-10-14-19)20-15-11-8-12-16-20/h7-18H,27H2,1-6H3. The Morgan fingerprint density at radius 3 is 1.47 bits per heavy atom. The van der Waals surface area contributed by atoms with Gasteiger partial charge in [-0.25, -0.2) is 0 Å². The van der Waals surface area contributed by atoms with Gasteiger partial charge in [0.15, 0.2) is 5.75 Å². The molecule has 0 bridgehead atoms. The van der Waals surface area contributed by atoms with Crippen LogP contribution >= 0.6 is 7.37 Å². The molecule has 0 spiro atoms. The molecule has 30 heavy (non-hydrogen) atoms. The van der Waals surface area contributed by atoms with Gasteiger partial charge in [-0.2, -0.15) is 0 Å². The van der Waals surface area contributed by atoms with E-state index >= 15 is 0 Å². The molecular formula is C26H32NO2P. The molecule has 0 heterocycles. The quantitative estimate of drug-likeness (QED) is 0.405. The molecule has 2 N–H and O–H groups in total. The van der Waals surface area contributed by atoms with E-state index in [4.69, 9.17) is 10.3 Å². The summed E-state index contributed by atoms with van der Waals surface area (Å²) in [5, 5.41) is 1.30. The van der Waals surface area contributed by atoms with Crippen molar-refractivity contribution in [2.75, 3.05) is 5.73 Å². The topological polar surface area (TPSA) is 52.3 Å². The summed E-state index contributed by atoms with van der Waals surface area (Å²) in [6, 6.07) is 22.9. The average Bonchev–Trinajstić information content (AvgIpc) is 2.69. The lowest BCUT2D eigenvalue weighted by molar-refractivity contribution is 0.483. The van der Waals surface area contributed by atoms with Gasteiger partial charge in [0.2, 0.25) is 0 Å². The summed E-state index contributed by atoms with van der Waals surface area (Å²) in [5.74, 6) is 0.519. The van der Waals surface area contributed by atoms with E-state index in [2.05, 4.69) is 53.7 Å². The van der Waals surface area contributed by atoms with Gasteiger partial charge in [0.05, 0.1) is 16.3 Å². The first-order valence-corrected chi connectivity index (χ1v) is 11.9. The Kier molecular flexibility index (Phi) is 5.89. The van der Waals surface area contributed by atoms with Gasteiger partial charge in [-0.05, 0) is 40.7 Å². The fraction of sp³-hybridized carbons (Fsp3) is 0.308. The van der Waals surface area contributed by atoms with Crippen molar-refractivity contribution in [3.05, 3.63) is 83.9 Å². The Balaban J connectivity index is 2.29. The zero-order chi connectivity index (χ0) is 22.2. The molecule has 4 heteroatoms. The third kappa shape index (κ3) is 4.32. The summed E-state index contributed by atoms with van der Waals surface area (Å²) in [6.45, 7) is 12.7. The van der Waals surface area contributed by atoms with Crippen molar-refractivity contribution >= 4 is 23.7 Å². The van der Waals surface area contributed by atoms with Gasteiger partial charge >= 0.3 is 7.37 Å². The van der Waals surface area contributed by atoms with Gasteiger partial charge in [0, 0.05) is 5.56 Å². The molecule has 0 radical (unpaired) electrons. The highest BCUT2D eigenvalue weighted by Gasteiger charge is 2.34. The van der Waals surface area contributed by atoms with Crippen LogP contribution in [0.4, 0.5) is 5.69 Å². The number of benzene rings is 3. The van der Waals surface area contributed by atoms with Crippen LogP contribution in [0, 0.1) is 0 Å². The van der Waals surface area contributed by atoms with Gasteiger partial charge in [-0.15, -0.1) is 0 Å². The van der Waals surface area contributed by atoms with E-state index in [0.717, 1.165) is 11.1 Å². The molecule has 0 unspecified atom stereocenters. The van der Waals surface area contributed by atoms with Crippen LogP contribution in [-0.2, 0) is 15.4 Å². The molecule has 0 aromatic heterocycles. The molecule has 0 aliphatic rings.